The van der Waals surface area contributed by atoms with Gasteiger partial charge in [-0.15, -0.1) is 0 Å². The molecule has 0 aliphatic carbocycles. The Morgan fingerprint density at radius 3 is 2.67 bits per heavy atom. The molecule has 120 valence electrons. The van der Waals surface area contributed by atoms with Crippen molar-refractivity contribution in [2.45, 2.75) is 19.4 Å². The van der Waals surface area contributed by atoms with Gasteiger partial charge in [0.1, 0.15) is 0 Å². The Morgan fingerprint density at radius 2 is 2.05 bits per heavy atom. The van der Waals surface area contributed by atoms with Crippen molar-refractivity contribution in [3.05, 3.63) is 0 Å². The molecule has 0 aromatic rings. The summed E-state index contributed by atoms with van der Waals surface area (Å²) < 4.78 is 5.16. The highest BCUT2D eigenvalue weighted by molar-refractivity contribution is 6.01. The van der Waals surface area contributed by atoms with Crippen molar-refractivity contribution >= 4 is 11.9 Å². The standard InChI is InChI=1S/C14H26N4O3/c1-3-12-11-16(4-6-17(12)8-9-21-2)5-7-18-13(19)10-15-14(18)20/h12H,3-11H2,1-2H3,(H,15,20)/t12-/m1/s1. The monoisotopic (exact) mass is 298 g/mol. The molecule has 1 atom stereocenters. The SMILES string of the molecule is CC[C@@H]1CN(CCN2C(=O)CNC2=O)CCN1CCOC. The number of carbonyl (C=O) groups excluding carboxylic acids is 2. The molecule has 2 heterocycles. The first-order valence-corrected chi connectivity index (χ1v) is 7.69. The van der Waals surface area contributed by atoms with Crippen LogP contribution in [0.25, 0.3) is 0 Å². The zero-order chi connectivity index (χ0) is 15.2. The lowest BCUT2D eigenvalue weighted by atomic mass is 10.1. The molecule has 3 amide bonds. The first kappa shape index (κ1) is 16.2. The Hall–Kier alpha value is -1.18. The molecule has 2 aliphatic heterocycles. The predicted octanol–water partition coefficient (Wildman–Crippen LogP) is -0.419. The lowest BCUT2D eigenvalue weighted by Crippen LogP contribution is -2.55. The van der Waals surface area contributed by atoms with E-state index in [1.807, 2.05) is 0 Å². The maximum absolute atomic E-state index is 11.6. The fraction of sp³-hybridized carbons (Fsp3) is 0.857. The van der Waals surface area contributed by atoms with Gasteiger partial charge in [0.15, 0.2) is 0 Å². The number of methoxy groups -OCH3 is 1. The van der Waals surface area contributed by atoms with Gasteiger partial charge in [-0.05, 0) is 6.42 Å². The summed E-state index contributed by atoms with van der Waals surface area (Å²) in [5.74, 6) is -0.120. The summed E-state index contributed by atoms with van der Waals surface area (Å²) >= 11 is 0. The second-order valence-corrected chi connectivity index (χ2v) is 5.60. The number of piperazine rings is 1. The molecule has 7 heteroatoms. The van der Waals surface area contributed by atoms with Crippen LogP contribution in [-0.2, 0) is 9.53 Å². The number of hydrogen-bond acceptors (Lipinski definition) is 5. The Labute approximate surface area is 126 Å². The van der Waals surface area contributed by atoms with Crippen molar-refractivity contribution in [3.8, 4) is 0 Å². The average molecular weight is 298 g/mol. The number of rotatable bonds is 7. The molecule has 0 bridgehead atoms. The molecule has 7 nitrogen and oxygen atoms in total. The smallest absolute Gasteiger partial charge is 0.324 e. The second kappa shape index (κ2) is 7.72. The van der Waals surface area contributed by atoms with Gasteiger partial charge in [-0.3, -0.25) is 19.5 Å². The molecule has 2 saturated heterocycles. The first-order chi connectivity index (χ1) is 10.2. The Bertz CT molecular complexity index is 361. The highest BCUT2D eigenvalue weighted by Gasteiger charge is 2.30. The summed E-state index contributed by atoms with van der Waals surface area (Å²) in [6, 6.07) is 0.266. The summed E-state index contributed by atoms with van der Waals surface area (Å²) in [6.45, 7) is 8.30. The van der Waals surface area contributed by atoms with Crippen molar-refractivity contribution in [3.63, 3.8) is 0 Å². The van der Waals surface area contributed by atoms with Gasteiger partial charge in [0, 0.05) is 52.4 Å². The molecular formula is C14H26N4O3. The molecule has 1 N–H and O–H groups in total. The lowest BCUT2D eigenvalue weighted by molar-refractivity contribution is -0.125. The van der Waals surface area contributed by atoms with Crippen LogP contribution in [-0.4, -0.2) is 92.2 Å². The minimum Gasteiger partial charge on any atom is -0.383 e. The number of hydrogen-bond donors (Lipinski definition) is 1. The summed E-state index contributed by atoms with van der Waals surface area (Å²) in [5, 5.41) is 2.55. The Kier molecular flexibility index (Phi) is 5.96. The Balaban J connectivity index is 1.78. The molecule has 0 aromatic heterocycles. The van der Waals surface area contributed by atoms with E-state index in [1.54, 1.807) is 7.11 Å². The van der Waals surface area contributed by atoms with Gasteiger partial charge in [-0.2, -0.15) is 0 Å². The maximum atomic E-state index is 11.6. The van der Waals surface area contributed by atoms with Crippen molar-refractivity contribution in [2.75, 3.05) is 59.5 Å². The third-order valence-corrected chi connectivity index (χ3v) is 4.32. The first-order valence-electron chi connectivity index (χ1n) is 7.69. The number of amides is 3. The number of urea groups is 1. The predicted molar refractivity (Wildman–Crippen MR) is 79.1 cm³/mol. The molecule has 21 heavy (non-hydrogen) atoms. The van der Waals surface area contributed by atoms with Crippen molar-refractivity contribution in [2.24, 2.45) is 0 Å². The van der Waals surface area contributed by atoms with E-state index >= 15 is 0 Å². The Morgan fingerprint density at radius 1 is 1.24 bits per heavy atom. The van der Waals surface area contributed by atoms with Gasteiger partial charge in [0.2, 0.25) is 5.91 Å². The lowest BCUT2D eigenvalue weighted by Gasteiger charge is -2.41. The van der Waals surface area contributed by atoms with Gasteiger partial charge < -0.3 is 10.1 Å². The van der Waals surface area contributed by atoms with E-state index in [1.165, 1.54) is 4.90 Å². The summed E-state index contributed by atoms with van der Waals surface area (Å²) in [4.78, 5) is 29.2. The van der Waals surface area contributed by atoms with Crippen molar-refractivity contribution < 1.29 is 14.3 Å². The third-order valence-electron chi connectivity index (χ3n) is 4.32. The van der Waals surface area contributed by atoms with Crippen molar-refractivity contribution in [1.82, 2.24) is 20.0 Å². The van der Waals surface area contributed by atoms with Crippen LogP contribution in [0.4, 0.5) is 4.79 Å². The van der Waals surface area contributed by atoms with Crippen LogP contribution in [0.5, 0.6) is 0 Å². The van der Waals surface area contributed by atoms with Crippen LogP contribution in [0, 0.1) is 0 Å². The highest BCUT2D eigenvalue weighted by Crippen LogP contribution is 2.13. The highest BCUT2D eigenvalue weighted by atomic mass is 16.5. The van der Waals surface area contributed by atoms with Crippen LogP contribution in [0.2, 0.25) is 0 Å². The second-order valence-electron chi connectivity index (χ2n) is 5.60. The largest absolute Gasteiger partial charge is 0.383 e. The quantitative estimate of drug-likeness (QED) is 0.647. The minimum atomic E-state index is -0.259. The molecule has 2 fully saturated rings. The van der Waals surface area contributed by atoms with Crippen LogP contribution in [0.1, 0.15) is 13.3 Å². The molecule has 2 rings (SSSR count). The number of nitrogens with one attached hydrogen (secondary N) is 1. The minimum absolute atomic E-state index is 0.120. The molecule has 0 saturated carbocycles. The molecule has 0 radical (unpaired) electrons. The van der Waals surface area contributed by atoms with Gasteiger partial charge in [-0.1, -0.05) is 6.92 Å². The summed E-state index contributed by atoms with van der Waals surface area (Å²) in [7, 11) is 1.73. The van der Waals surface area contributed by atoms with E-state index in [-0.39, 0.29) is 18.5 Å². The fourth-order valence-corrected chi connectivity index (χ4v) is 2.97. The van der Waals surface area contributed by atoms with E-state index in [9.17, 15) is 9.59 Å². The number of nitrogens with zero attached hydrogens (tertiary/aromatic N) is 3. The third kappa shape index (κ3) is 4.15. The topological polar surface area (TPSA) is 65.1 Å². The van der Waals surface area contributed by atoms with E-state index in [4.69, 9.17) is 4.74 Å². The fourth-order valence-electron chi connectivity index (χ4n) is 2.97. The summed E-state index contributed by atoms with van der Waals surface area (Å²) in [5.41, 5.74) is 0. The number of ether oxygens (including phenoxy) is 1. The summed E-state index contributed by atoms with van der Waals surface area (Å²) in [6.07, 6.45) is 1.10. The van der Waals surface area contributed by atoms with Crippen LogP contribution in [0.3, 0.4) is 0 Å². The average Bonchev–Trinajstić information content (AvgIpc) is 2.82. The number of imide groups is 1. The number of carbonyl (C=O) groups is 2. The van der Waals surface area contributed by atoms with E-state index in [0.29, 0.717) is 12.6 Å². The molecule has 0 unspecified atom stereocenters. The van der Waals surface area contributed by atoms with Crippen LogP contribution < -0.4 is 5.32 Å². The van der Waals surface area contributed by atoms with E-state index in [0.717, 1.165) is 45.8 Å². The van der Waals surface area contributed by atoms with Crippen LogP contribution in [0.15, 0.2) is 0 Å². The van der Waals surface area contributed by atoms with Crippen molar-refractivity contribution in [1.29, 1.82) is 0 Å². The van der Waals surface area contributed by atoms with Gasteiger partial charge in [0.05, 0.1) is 13.2 Å². The van der Waals surface area contributed by atoms with Crippen LogP contribution >= 0.6 is 0 Å². The molecule has 0 aromatic carbocycles. The van der Waals surface area contributed by atoms with E-state index < -0.39 is 0 Å². The van der Waals surface area contributed by atoms with E-state index in [2.05, 4.69) is 22.0 Å². The van der Waals surface area contributed by atoms with Gasteiger partial charge in [-0.25, -0.2) is 4.79 Å². The zero-order valence-electron chi connectivity index (χ0n) is 13.0. The normalized spacial score (nSPS) is 24.7. The zero-order valence-corrected chi connectivity index (χ0v) is 13.0. The maximum Gasteiger partial charge on any atom is 0.324 e. The molecular weight excluding hydrogens is 272 g/mol. The van der Waals surface area contributed by atoms with Gasteiger partial charge in [0.25, 0.3) is 0 Å². The molecule has 0 spiro atoms. The molecule has 2 aliphatic rings. The van der Waals surface area contributed by atoms with Gasteiger partial charge >= 0.3 is 6.03 Å².